The van der Waals surface area contributed by atoms with Crippen molar-refractivity contribution in [1.29, 1.82) is 0 Å². The lowest BCUT2D eigenvalue weighted by molar-refractivity contribution is 0.142. The van der Waals surface area contributed by atoms with E-state index in [0.717, 1.165) is 16.7 Å². The Morgan fingerprint density at radius 3 is 2.62 bits per heavy atom. The highest BCUT2D eigenvalue weighted by molar-refractivity contribution is 6.31. The molecule has 1 amide bonds. The summed E-state index contributed by atoms with van der Waals surface area (Å²) in [5.74, 6) is 1.22. The number of aryl methyl sites for hydroxylation is 1. The van der Waals surface area contributed by atoms with Gasteiger partial charge < -0.3 is 15.2 Å². The molecule has 1 aliphatic heterocycles. The number of aromatic nitrogens is 4. The minimum atomic E-state index is -0.761. The van der Waals surface area contributed by atoms with Crippen LogP contribution in [-0.4, -0.2) is 49.9 Å². The Balaban J connectivity index is 1.49. The molecule has 0 saturated carbocycles. The average Bonchev–Trinajstić information content (AvgIpc) is 3.18. The largest absolute Gasteiger partial charge is 0.447 e. The number of aliphatic hydroxyl groups is 1. The van der Waals surface area contributed by atoms with E-state index in [1.54, 1.807) is 25.4 Å². The van der Waals surface area contributed by atoms with Gasteiger partial charge in [0.05, 0.1) is 12.1 Å². The van der Waals surface area contributed by atoms with Crippen molar-refractivity contribution in [2.45, 2.75) is 39.0 Å². The maximum atomic E-state index is 12.1. The van der Waals surface area contributed by atoms with E-state index >= 15 is 0 Å². The van der Waals surface area contributed by atoms with Crippen molar-refractivity contribution in [3.05, 3.63) is 59.3 Å². The molecule has 2 aromatic heterocycles. The number of rotatable bonds is 6. The van der Waals surface area contributed by atoms with E-state index in [9.17, 15) is 9.90 Å². The predicted octanol–water partition coefficient (Wildman–Crippen LogP) is 3.77. The van der Waals surface area contributed by atoms with Gasteiger partial charge in [0.15, 0.2) is 0 Å². The Hall–Kier alpha value is -3.30. The number of cyclic esters (lactones) is 1. The highest BCUT2D eigenvalue weighted by Gasteiger charge is 2.38. The van der Waals surface area contributed by atoms with Gasteiger partial charge >= 0.3 is 6.09 Å². The fourth-order valence-corrected chi connectivity index (χ4v) is 3.52. The highest BCUT2D eigenvalue weighted by Crippen LogP contribution is 2.26. The van der Waals surface area contributed by atoms with Gasteiger partial charge in [0.1, 0.15) is 24.3 Å². The molecule has 1 unspecified atom stereocenters. The SMILES string of the molecule is Cc1cc(-c2cnc([C@H](C)Nc3nccc(N4C(=O)OCC4[C@@H](C)O)n3)nc2)ccc1Cl. The summed E-state index contributed by atoms with van der Waals surface area (Å²) in [7, 11) is 0. The molecule has 0 spiro atoms. The van der Waals surface area contributed by atoms with Crippen LogP contribution >= 0.6 is 11.6 Å². The minimum Gasteiger partial charge on any atom is -0.447 e. The summed E-state index contributed by atoms with van der Waals surface area (Å²) in [6, 6.07) is 6.58. The van der Waals surface area contributed by atoms with Crippen LogP contribution in [0.15, 0.2) is 42.9 Å². The number of benzene rings is 1. The number of hydrogen-bond donors (Lipinski definition) is 2. The normalized spacial score (nSPS) is 17.7. The lowest BCUT2D eigenvalue weighted by Crippen LogP contribution is -2.41. The number of carbonyl (C=O) groups excluding carboxylic acids is 1. The maximum absolute atomic E-state index is 12.1. The fourth-order valence-electron chi connectivity index (χ4n) is 3.40. The van der Waals surface area contributed by atoms with Gasteiger partial charge in [0.2, 0.25) is 5.95 Å². The summed E-state index contributed by atoms with van der Waals surface area (Å²) >= 11 is 6.10. The van der Waals surface area contributed by atoms with Gasteiger partial charge in [-0.3, -0.25) is 4.90 Å². The zero-order valence-electron chi connectivity index (χ0n) is 17.9. The number of nitrogens with zero attached hydrogens (tertiary/aromatic N) is 5. The third-order valence-electron chi connectivity index (χ3n) is 5.25. The van der Waals surface area contributed by atoms with Gasteiger partial charge in [0.25, 0.3) is 0 Å². The van der Waals surface area contributed by atoms with Gasteiger partial charge in [-0.15, -0.1) is 0 Å². The Kier molecular flexibility index (Phi) is 6.20. The van der Waals surface area contributed by atoms with Gasteiger partial charge in [0, 0.05) is 29.2 Å². The second-order valence-corrected chi connectivity index (χ2v) is 8.06. The van der Waals surface area contributed by atoms with E-state index in [0.29, 0.717) is 22.6 Å². The Morgan fingerprint density at radius 2 is 1.94 bits per heavy atom. The lowest BCUT2D eigenvalue weighted by atomic mass is 10.1. The molecule has 1 saturated heterocycles. The molecule has 1 fully saturated rings. The molecular formula is C22H23ClN6O3. The zero-order valence-corrected chi connectivity index (χ0v) is 18.6. The van der Waals surface area contributed by atoms with Gasteiger partial charge in [-0.2, -0.15) is 4.98 Å². The average molecular weight is 455 g/mol. The molecule has 0 radical (unpaired) electrons. The second-order valence-electron chi connectivity index (χ2n) is 7.65. The zero-order chi connectivity index (χ0) is 22.8. The molecule has 4 rings (SSSR count). The molecule has 3 atom stereocenters. The van der Waals surface area contributed by atoms with Crippen molar-refractivity contribution in [2.24, 2.45) is 0 Å². The first kappa shape index (κ1) is 21.9. The van der Waals surface area contributed by atoms with Crippen molar-refractivity contribution in [3.63, 3.8) is 0 Å². The van der Waals surface area contributed by atoms with E-state index < -0.39 is 18.2 Å². The monoisotopic (exact) mass is 454 g/mol. The summed E-state index contributed by atoms with van der Waals surface area (Å²) in [6.07, 6.45) is 3.74. The van der Waals surface area contributed by atoms with Gasteiger partial charge in [-0.25, -0.2) is 19.7 Å². The molecule has 1 aliphatic rings. The smallest absolute Gasteiger partial charge is 0.416 e. The molecule has 166 valence electrons. The van der Waals surface area contributed by atoms with E-state index in [1.165, 1.54) is 11.1 Å². The first-order chi connectivity index (χ1) is 15.3. The number of nitrogens with one attached hydrogen (secondary N) is 1. The number of aliphatic hydroxyl groups excluding tert-OH is 1. The van der Waals surface area contributed by atoms with Crippen LogP contribution in [0.25, 0.3) is 11.1 Å². The number of carbonyl (C=O) groups is 1. The first-order valence-electron chi connectivity index (χ1n) is 10.2. The molecule has 3 aromatic rings. The number of ether oxygens (including phenoxy) is 1. The molecular weight excluding hydrogens is 432 g/mol. The second kappa shape index (κ2) is 9.05. The van der Waals surface area contributed by atoms with Crippen LogP contribution in [-0.2, 0) is 4.74 Å². The Labute approximate surface area is 190 Å². The van der Waals surface area contributed by atoms with Crippen LogP contribution in [0, 0.1) is 6.92 Å². The summed E-state index contributed by atoms with van der Waals surface area (Å²) in [6.45, 7) is 5.55. The van der Waals surface area contributed by atoms with Crippen molar-refractivity contribution >= 4 is 29.5 Å². The van der Waals surface area contributed by atoms with Crippen molar-refractivity contribution in [1.82, 2.24) is 19.9 Å². The summed E-state index contributed by atoms with van der Waals surface area (Å²) < 4.78 is 5.06. The van der Waals surface area contributed by atoms with Crippen LogP contribution < -0.4 is 10.2 Å². The van der Waals surface area contributed by atoms with Gasteiger partial charge in [-0.05, 0) is 50.1 Å². The van der Waals surface area contributed by atoms with E-state index in [-0.39, 0.29) is 12.6 Å². The van der Waals surface area contributed by atoms with Crippen LogP contribution in [0.2, 0.25) is 5.02 Å². The van der Waals surface area contributed by atoms with Crippen LogP contribution in [0.5, 0.6) is 0 Å². The molecule has 0 bridgehead atoms. The minimum absolute atomic E-state index is 0.104. The summed E-state index contributed by atoms with van der Waals surface area (Å²) in [5.41, 5.74) is 2.86. The van der Waals surface area contributed by atoms with Crippen LogP contribution in [0.3, 0.4) is 0 Å². The van der Waals surface area contributed by atoms with Crippen molar-refractivity contribution in [3.8, 4) is 11.1 Å². The lowest BCUT2D eigenvalue weighted by Gasteiger charge is -2.23. The number of amides is 1. The standard InChI is InChI=1S/C22H23ClN6O3/c1-12-8-15(4-5-17(12)23)16-9-25-20(26-10-16)13(2)27-21-24-7-6-19(28-21)29-18(14(3)30)11-32-22(29)31/h4-10,13-14,18,30H,11H2,1-3H3,(H,24,27,28)/t13-,14+,18?/m0/s1. The van der Waals surface area contributed by atoms with Gasteiger partial charge in [-0.1, -0.05) is 17.7 Å². The summed E-state index contributed by atoms with van der Waals surface area (Å²) in [5, 5.41) is 13.8. The molecule has 10 heteroatoms. The Bertz CT molecular complexity index is 1120. The quantitative estimate of drug-likeness (QED) is 0.578. The van der Waals surface area contributed by atoms with E-state index in [2.05, 4.69) is 25.3 Å². The summed E-state index contributed by atoms with van der Waals surface area (Å²) in [4.78, 5) is 31.0. The number of anilines is 2. The molecule has 9 nitrogen and oxygen atoms in total. The van der Waals surface area contributed by atoms with E-state index in [1.807, 2.05) is 32.0 Å². The third kappa shape index (κ3) is 4.49. The maximum Gasteiger partial charge on any atom is 0.416 e. The molecule has 2 N–H and O–H groups in total. The Morgan fingerprint density at radius 1 is 1.19 bits per heavy atom. The predicted molar refractivity (Wildman–Crippen MR) is 121 cm³/mol. The van der Waals surface area contributed by atoms with Crippen molar-refractivity contribution in [2.75, 3.05) is 16.8 Å². The van der Waals surface area contributed by atoms with E-state index in [4.69, 9.17) is 16.3 Å². The molecule has 0 aliphatic carbocycles. The van der Waals surface area contributed by atoms with Crippen LogP contribution in [0.4, 0.5) is 16.6 Å². The number of halogens is 1. The molecule has 1 aromatic carbocycles. The number of hydrogen-bond acceptors (Lipinski definition) is 8. The van der Waals surface area contributed by atoms with Crippen molar-refractivity contribution < 1.29 is 14.6 Å². The third-order valence-corrected chi connectivity index (χ3v) is 5.67. The van der Waals surface area contributed by atoms with Crippen LogP contribution in [0.1, 0.15) is 31.3 Å². The molecule has 3 heterocycles. The highest BCUT2D eigenvalue weighted by atomic mass is 35.5. The molecule has 32 heavy (non-hydrogen) atoms. The first-order valence-corrected chi connectivity index (χ1v) is 10.5. The topological polar surface area (TPSA) is 113 Å². The fraction of sp³-hybridized carbons (Fsp3) is 0.318.